The summed E-state index contributed by atoms with van der Waals surface area (Å²) in [5.41, 5.74) is 0. The smallest absolute Gasteiger partial charge is 0.320 e. The first-order valence-electron chi connectivity index (χ1n) is 7.91. The van der Waals surface area contributed by atoms with Gasteiger partial charge in [0.05, 0.1) is 5.92 Å². The second-order valence-electron chi connectivity index (χ2n) is 5.98. The molecule has 1 aliphatic heterocycles. The van der Waals surface area contributed by atoms with Crippen LogP contribution in [-0.2, 0) is 4.79 Å². The second kappa shape index (κ2) is 6.95. The SMILES string of the molecule is CCN(C(=O)N1CCC[C@@H](C(=O)O)C1)C1CCCCC1. The fraction of sp³-hybridized carbons (Fsp3) is 0.867. The Hall–Kier alpha value is -1.26. The van der Waals surface area contributed by atoms with Crippen LogP contribution in [0.4, 0.5) is 4.79 Å². The molecule has 5 nitrogen and oxygen atoms in total. The quantitative estimate of drug-likeness (QED) is 0.865. The van der Waals surface area contributed by atoms with Crippen molar-refractivity contribution in [1.82, 2.24) is 9.80 Å². The third-order valence-corrected chi connectivity index (χ3v) is 4.64. The molecule has 2 aliphatic rings. The second-order valence-corrected chi connectivity index (χ2v) is 5.98. The predicted octanol–water partition coefficient (Wildman–Crippen LogP) is 2.56. The van der Waals surface area contributed by atoms with Gasteiger partial charge in [-0.2, -0.15) is 0 Å². The van der Waals surface area contributed by atoms with E-state index in [-0.39, 0.29) is 6.03 Å². The Morgan fingerprint density at radius 1 is 1.15 bits per heavy atom. The van der Waals surface area contributed by atoms with Crippen molar-refractivity contribution in [2.75, 3.05) is 19.6 Å². The lowest BCUT2D eigenvalue weighted by atomic mass is 9.94. The fourth-order valence-corrected chi connectivity index (χ4v) is 3.48. The van der Waals surface area contributed by atoms with E-state index in [2.05, 4.69) is 0 Å². The van der Waals surface area contributed by atoms with E-state index in [1.54, 1.807) is 4.90 Å². The minimum absolute atomic E-state index is 0.0466. The first kappa shape index (κ1) is 15.1. The van der Waals surface area contributed by atoms with Crippen molar-refractivity contribution >= 4 is 12.0 Å². The van der Waals surface area contributed by atoms with E-state index in [0.29, 0.717) is 25.6 Å². The highest BCUT2D eigenvalue weighted by Gasteiger charge is 2.32. The average molecular weight is 282 g/mol. The van der Waals surface area contributed by atoms with Crippen molar-refractivity contribution < 1.29 is 14.7 Å². The Kier molecular flexibility index (Phi) is 5.26. The van der Waals surface area contributed by atoms with Crippen LogP contribution in [0.2, 0.25) is 0 Å². The van der Waals surface area contributed by atoms with Crippen LogP contribution in [-0.4, -0.2) is 52.6 Å². The van der Waals surface area contributed by atoms with Crippen molar-refractivity contribution in [3.8, 4) is 0 Å². The number of hydrogen-bond acceptors (Lipinski definition) is 2. The summed E-state index contributed by atoms with van der Waals surface area (Å²) >= 11 is 0. The zero-order valence-electron chi connectivity index (χ0n) is 12.4. The van der Waals surface area contributed by atoms with Crippen LogP contribution in [0.25, 0.3) is 0 Å². The van der Waals surface area contributed by atoms with E-state index >= 15 is 0 Å². The molecule has 0 aromatic rings. The van der Waals surface area contributed by atoms with E-state index < -0.39 is 11.9 Å². The summed E-state index contributed by atoms with van der Waals surface area (Å²) < 4.78 is 0. The van der Waals surface area contributed by atoms with Crippen LogP contribution in [0, 0.1) is 5.92 Å². The van der Waals surface area contributed by atoms with Crippen LogP contribution >= 0.6 is 0 Å². The molecule has 2 amide bonds. The van der Waals surface area contributed by atoms with Gasteiger partial charge >= 0.3 is 12.0 Å². The lowest BCUT2D eigenvalue weighted by molar-refractivity contribution is -0.143. The Bertz CT molecular complexity index is 353. The number of hydrogen-bond donors (Lipinski definition) is 1. The lowest BCUT2D eigenvalue weighted by Crippen LogP contribution is -2.52. The number of aliphatic carboxylic acids is 1. The van der Waals surface area contributed by atoms with Crippen molar-refractivity contribution in [3.05, 3.63) is 0 Å². The number of nitrogens with zero attached hydrogens (tertiary/aromatic N) is 2. The van der Waals surface area contributed by atoms with Gasteiger partial charge in [0.1, 0.15) is 0 Å². The van der Waals surface area contributed by atoms with Gasteiger partial charge in [0.2, 0.25) is 0 Å². The number of carbonyl (C=O) groups excluding carboxylic acids is 1. The summed E-state index contributed by atoms with van der Waals surface area (Å²) in [6, 6.07) is 0.400. The van der Waals surface area contributed by atoms with Gasteiger partial charge < -0.3 is 14.9 Å². The Labute approximate surface area is 120 Å². The molecule has 1 saturated heterocycles. The number of piperidine rings is 1. The average Bonchev–Trinajstić information content (AvgIpc) is 2.49. The van der Waals surface area contributed by atoms with Gasteiger partial charge in [0.15, 0.2) is 0 Å². The van der Waals surface area contributed by atoms with Gasteiger partial charge in [-0.1, -0.05) is 19.3 Å². The summed E-state index contributed by atoms with van der Waals surface area (Å²) in [6.45, 7) is 3.81. The zero-order chi connectivity index (χ0) is 14.5. The molecule has 1 atom stereocenters. The van der Waals surface area contributed by atoms with Gasteiger partial charge in [-0.05, 0) is 32.6 Å². The number of urea groups is 1. The van der Waals surface area contributed by atoms with E-state index in [1.807, 2.05) is 11.8 Å². The molecule has 0 unspecified atom stereocenters. The molecule has 1 saturated carbocycles. The molecule has 5 heteroatoms. The van der Waals surface area contributed by atoms with E-state index in [4.69, 9.17) is 5.11 Å². The van der Waals surface area contributed by atoms with Gasteiger partial charge in [-0.15, -0.1) is 0 Å². The van der Waals surface area contributed by atoms with Crippen molar-refractivity contribution in [2.24, 2.45) is 5.92 Å². The molecular weight excluding hydrogens is 256 g/mol. The van der Waals surface area contributed by atoms with E-state index in [1.165, 1.54) is 19.3 Å². The minimum Gasteiger partial charge on any atom is -0.481 e. The highest BCUT2D eigenvalue weighted by molar-refractivity contribution is 5.77. The first-order valence-corrected chi connectivity index (χ1v) is 7.91. The number of amides is 2. The zero-order valence-corrected chi connectivity index (χ0v) is 12.4. The molecule has 1 heterocycles. The minimum atomic E-state index is -0.775. The molecule has 0 radical (unpaired) electrons. The molecule has 0 aromatic heterocycles. The third-order valence-electron chi connectivity index (χ3n) is 4.64. The molecule has 1 N–H and O–H groups in total. The van der Waals surface area contributed by atoms with Crippen LogP contribution in [0.15, 0.2) is 0 Å². The maximum atomic E-state index is 12.7. The van der Waals surface area contributed by atoms with Crippen molar-refractivity contribution in [1.29, 1.82) is 0 Å². The molecule has 2 rings (SSSR count). The van der Waals surface area contributed by atoms with Crippen LogP contribution in [0.3, 0.4) is 0 Å². The number of carboxylic acid groups (broad SMARTS) is 1. The van der Waals surface area contributed by atoms with E-state index in [0.717, 1.165) is 25.8 Å². The predicted molar refractivity (Wildman–Crippen MR) is 76.6 cm³/mol. The third kappa shape index (κ3) is 3.44. The largest absolute Gasteiger partial charge is 0.481 e. The summed E-state index contributed by atoms with van der Waals surface area (Å²) in [7, 11) is 0. The lowest BCUT2D eigenvalue weighted by Gasteiger charge is -2.39. The number of carbonyl (C=O) groups is 2. The summed E-state index contributed by atoms with van der Waals surface area (Å²) in [6.07, 6.45) is 7.34. The first-order chi connectivity index (χ1) is 9.63. The molecule has 0 spiro atoms. The molecule has 0 aromatic carbocycles. The highest BCUT2D eigenvalue weighted by Crippen LogP contribution is 2.25. The molecular formula is C15H26N2O3. The van der Waals surface area contributed by atoms with Crippen LogP contribution in [0.5, 0.6) is 0 Å². The molecule has 20 heavy (non-hydrogen) atoms. The Morgan fingerprint density at radius 2 is 1.85 bits per heavy atom. The molecule has 2 fully saturated rings. The number of likely N-dealkylation sites (tertiary alicyclic amines) is 1. The monoisotopic (exact) mass is 282 g/mol. The molecule has 1 aliphatic carbocycles. The van der Waals surface area contributed by atoms with Gasteiger partial charge in [0.25, 0.3) is 0 Å². The summed E-state index contributed by atoms with van der Waals surface area (Å²) in [4.78, 5) is 27.5. The van der Waals surface area contributed by atoms with Crippen LogP contribution in [0.1, 0.15) is 51.9 Å². The Morgan fingerprint density at radius 3 is 2.45 bits per heavy atom. The topological polar surface area (TPSA) is 60.9 Å². The molecule has 0 bridgehead atoms. The van der Waals surface area contributed by atoms with Crippen molar-refractivity contribution in [3.63, 3.8) is 0 Å². The van der Waals surface area contributed by atoms with Gasteiger partial charge in [-0.25, -0.2) is 4.79 Å². The normalized spacial score (nSPS) is 24.4. The van der Waals surface area contributed by atoms with Gasteiger partial charge in [0, 0.05) is 25.7 Å². The maximum Gasteiger partial charge on any atom is 0.320 e. The van der Waals surface area contributed by atoms with Crippen LogP contribution < -0.4 is 0 Å². The number of carboxylic acids is 1. The van der Waals surface area contributed by atoms with E-state index in [9.17, 15) is 9.59 Å². The number of rotatable bonds is 3. The van der Waals surface area contributed by atoms with Gasteiger partial charge in [-0.3, -0.25) is 4.79 Å². The summed E-state index contributed by atoms with van der Waals surface area (Å²) in [5, 5.41) is 9.13. The van der Waals surface area contributed by atoms with Crippen molar-refractivity contribution in [2.45, 2.75) is 57.9 Å². The standard InChI is InChI=1S/C15H26N2O3/c1-2-17(13-8-4-3-5-9-13)15(20)16-10-6-7-12(11-16)14(18)19/h12-13H,2-11H2,1H3,(H,18,19)/t12-/m1/s1. The fourth-order valence-electron chi connectivity index (χ4n) is 3.48. The highest BCUT2D eigenvalue weighted by atomic mass is 16.4. The summed E-state index contributed by atoms with van der Waals surface area (Å²) in [5.74, 6) is -1.17. The maximum absolute atomic E-state index is 12.7. The molecule has 114 valence electrons. The Balaban J connectivity index is 1.98.